The molecule has 158 valence electrons. The Morgan fingerprint density at radius 1 is 0.938 bits per heavy atom. The predicted molar refractivity (Wildman–Crippen MR) is 127 cm³/mol. The molecule has 6 heteroatoms. The largest absolute Gasteiger partial charge is 0.508 e. The molecule has 1 aliphatic rings. The third kappa shape index (κ3) is 2.80. The first-order valence-corrected chi connectivity index (χ1v) is 11.0. The lowest BCUT2D eigenvalue weighted by Crippen LogP contribution is -2.21. The monoisotopic (exact) mass is 439 g/mol. The van der Waals surface area contributed by atoms with Crippen LogP contribution in [0.4, 0.5) is 0 Å². The standard InChI is InChI=1S/C26H21N3O2S/c30-18-10-6-9-17(13-18)24-23-20(19-11-4-5-12-21(19)27-23)14-22-25(31)28(26(32)29(22)24)15-16-7-2-1-3-8-16/h1-13,24,27,30-31H,14-15H2. The van der Waals surface area contributed by atoms with Crippen molar-refractivity contribution >= 4 is 23.1 Å². The fourth-order valence-corrected chi connectivity index (χ4v) is 5.26. The van der Waals surface area contributed by atoms with E-state index >= 15 is 0 Å². The van der Waals surface area contributed by atoms with Crippen molar-refractivity contribution in [3.63, 3.8) is 0 Å². The van der Waals surface area contributed by atoms with Gasteiger partial charge in [0.25, 0.3) is 0 Å². The molecule has 0 amide bonds. The molecular weight excluding hydrogens is 418 g/mol. The number of aromatic nitrogens is 3. The van der Waals surface area contributed by atoms with Gasteiger partial charge >= 0.3 is 0 Å². The van der Waals surface area contributed by atoms with E-state index in [2.05, 4.69) is 17.1 Å². The first-order valence-electron chi connectivity index (χ1n) is 10.6. The van der Waals surface area contributed by atoms with Crippen LogP contribution in [0.3, 0.4) is 0 Å². The summed E-state index contributed by atoms with van der Waals surface area (Å²) in [4.78, 5) is 3.59. The molecule has 0 radical (unpaired) electrons. The van der Waals surface area contributed by atoms with E-state index in [1.165, 1.54) is 0 Å². The van der Waals surface area contributed by atoms with Gasteiger partial charge in [0.1, 0.15) is 11.8 Å². The van der Waals surface area contributed by atoms with Gasteiger partial charge in [-0.1, -0.05) is 60.7 Å². The Kier molecular flexibility index (Phi) is 4.23. The number of imidazole rings is 1. The predicted octanol–water partition coefficient (Wildman–Crippen LogP) is 5.50. The minimum atomic E-state index is -0.274. The Labute approximate surface area is 189 Å². The zero-order valence-corrected chi connectivity index (χ0v) is 18.0. The van der Waals surface area contributed by atoms with Gasteiger partial charge in [0.2, 0.25) is 5.88 Å². The molecule has 1 unspecified atom stereocenters. The van der Waals surface area contributed by atoms with Crippen molar-refractivity contribution in [3.05, 3.63) is 112 Å². The Morgan fingerprint density at radius 3 is 2.53 bits per heavy atom. The van der Waals surface area contributed by atoms with Crippen molar-refractivity contribution in [2.24, 2.45) is 0 Å². The summed E-state index contributed by atoms with van der Waals surface area (Å²) in [5.74, 6) is 0.395. The summed E-state index contributed by atoms with van der Waals surface area (Å²) in [5.41, 5.74) is 6.01. The van der Waals surface area contributed by atoms with Crippen LogP contribution in [0.15, 0.2) is 78.9 Å². The van der Waals surface area contributed by atoms with Crippen LogP contribution in [0.25, 0.3) is 10.9 Å². The van der Waals surface area contributed by atoms with E-state index in [-0.39, 0.29) is 17.7 Å². The average Bonchev–Trinajstić information content (AvgIpc) is 3.29. The van der Waals surface area contributed by atoms with E-state index in [1.807, 2.05) is 59.2 Å². The highest BCUT2D eigenvalue weighted by Gasteiger charge is 2.34. The molecule has 6 rings (SSSR count). The van der Waals surface area contributed by atoms with Crippen molar-refractivity contribution in [2.45, 2.75) is 19.0 Å². The van der Waals surface area contributed by atoms with E-state index in [9.17, 15) is 10.2 Å². The van der Waals surface area contributed by atoms with Crippen molar-refractivity contribution in [3.8, 4) is 11.6 Å². The third-order valence-electron chi connectivity index (χ3n) is 6.33. The van der Waals surface area contributed by atoms with Gasteiger partial charge < -0.3 is 19.8 Å². The fourth-order valence-electron chi connectivity index (χ4n) is 4.89. The maximum atomic E-state index is 11.3. The fraction of sp³-hybridized carbons (Fsp3) is 0.115. The van der Waals surface area contributed by atoms with Gasteiger partial charge in [0, 0.05) is 23.0 Å². The summed E-state index contributed by atoms with van der Waals surface area (Å²) < 4.78 is 4.38. The number of rotatable bonds is 3. The SMILES string of the molecule is Oc1cccc(C2c3[nH]c4ccccc4c3Cc3c(O)n(Cc4ccccc4)c(=S)n32)c1. The Balaban J connectivity index is 1.61. The number of phenols is 1. The van der Waals surface area contributed by atoms with Crippen molar-refractivity contribution in [1.82, 2.24) is 14.1 Å². The number of H-pyrrole nitrogens is 1. The number of nitrogens with one attached hydrogen (secondary N) is 1. The van der Waals surface area contributed by atoms with Crippen LogP contribution in [0.1, 0.15) is 34.1 Å². The molecule has 0 saturated heterocycles. The van der Waals surface area contributed by atoms with Crippen LogP contribution in [-0.2, 0) is 13.0 Å². The number of para-hydroxylation sites is 1. The number of hydrogen-bond donors (Lipinski definition) is 3. The lowest BCUT2D eigenvalue weighted by Gasteiger charge is -2.26. The maximum absolute atomic E-state index is 11.3. The van der Waals surface area contributed by atoms with Crippen molar-refractivity contribution in [2.75, 3.05) is 0 Å². The van der Waals surface area contributed by atoms with Gasteiger partial charge in [0.15, 0.2) is 4.77 Å². The number of phenolic OH excluding ortho intramolecular Hbond substituents is 1. The van der Waals surface area contributed by atoms with Gasteiger partial charge in [-0.25, -0.2) is 0 Å². The minimum Gasteiger partial charge on any atom is -0.508 e. The highest BCUT2D eigenvalue weighted by molar-refractivity contribution is 7.71. The maximum Gasteiger partial charge on any atom is 0.214 e. The van der Waals surface area contributed by atoms with Crippen LogP contribution in [0.2, 0.25) is 0 Å². The molecule has 32 heavy (non-hydrogen) atoms. The Hall–Kier alpha value is -3.77. The summed E-state index contributed by atoms with van der Waals surface area (Å²) >= 11 is 5.91. The molecule has 5 nitrogen and oxygen atoms in total. The van der Waals surface area contributed by atoms with Crippen LogP contribution in [-0.4, -0.2) is 24.3 Å². The summed E-state index contributed by atoms with van der Waals surface area (Å²) in [5, 5.41) is 22.6. The van der Waals surface area contributed by atoms with E-state index in [0.29, 0.717) is 17.7 Å². The average molecular weight is 440 g/mol. The molecule has 0 spiro atoms. The molecule has 0 fully saturated rings. The number of benzene rings is 3. The lowest BCUT2D eigenvalue weighted by atomic mass is 9.93. The summed E-state index contributed by atoms with van der Waals surface area (Å²) in [6, 6.07) is 25.2. The van der Waals surface area contributed by atoms with Gasteiger partial charge in [-0.3, -0.25) is 4.57 Å². The topological polar surface area (TPSA) is 66.1 Å². The molecule has 0 aliphatic carbocycles. The lowest BCUT2D eigenvalue weighted by molar-refractivity contribution is 0.417. The van der Waals surface area contributed by atoms with Gasteiger partial charge in [0.05, 0.1) is 12.2 Å². The van der Waals surface area contributed by atoms with Crippen LogP contribution in [0, 0.1) is 4.77 Å². The van der Waals surface area contributed by atoms with E-state index in [4.69, 9.17) is 12.2 Å². The second-order valence-corrected chi connectivity index (χ2v) is 8.60. The number of aromatic amines is 1. The zero-order valence-electron chi connectivity index (χ0n) is 17.2. The molecule has 3 aromatic carbocycles. The number of nitrogens with zero attached hydrogens (tertiary/aromatic N) is 2. The molecule has 3 heterocycles. The molecule has 0 saturated carbocycles. The molecular formula is C26H21N3O2S. The first kappa shape index (κ1) is 19.0. The first-order chi connectivity index (χ1) is 15.6. The van der Waals surface area contributed by atoms with Crippen LogP contribution < -0.4 is 0 Å². The van der Waals surface area contributed by atoms with E-state index in [1.54, 1.807) is 16.7 Å². The second-order valence-electron chi connectivity index (χ2n) is 8.23. The summed E-state index contributed by atoms with van der Waals surface area (Å²) in [6.45, 7) is 0.493. The van der Waals surface area contributed by atoms with E-state index < -0.39 is 0 Å². The third-order valence-corrected chi connectivity index (χ3v) is 6.75. The normalized spacial score (nSPS) is 14.9. The molecule has 2 aromatic heterocycles. The molecule has 0 bridgehead atoms. The summed E-state index contributed by atoms with van der Waals surface area (Å²) in [6.07, 6.45) is 0.575. The Morgan fingerprint density at radius 2 is 1.72 bits per heavy atom. The molecule has 3 N–H and O–H groups in total. The number of hydrogen-bond acceptors (Lipinski definition) is 3. The molecule has 1 aliphatic heterocycles. The zero-order chi connectivity index (χ0) is 21.8. The Bertz CT molecular complexity index is 1530. The quantitative estimate of drug-likeness (QED) is 0.319. The number of fused-ring (bicyclic) bond motifs is 4. The minimum absolute atomic E-state index is 0.194. The second kappa shape index (κ2) is 7.14. The van der Waals surface area contributed by atoms with Gasteiger partial charge in [-0.05, 0) is 47.1 Å². The highest BCUT2D eigenvalue weighted by atomic mass is 32.1. The van der Waals surface area contributed by atoms with Gasteiger partial charge in [-0.15, -0.1) is 0 Å². The van der Waals surface area contributed by atoms with Crippen molar-refractivity contribution in [1.29, 1.82) is 0 Å². The van der Waals surface area contributed by atoms with Gasteiger partial charge in [-0.2, -0.15) is 0 Å². The summed E-state index contributed by atoms with van der Waals surface area (Å²) in [7, 11) is 0. The van der Waals surface area contributed by atoms with E-state index in [0.717, 1.165) is 39.0 Å². The van der Waals surface area contributed by atoms with Crippen molar-refractivity contribution < 1.29 is 10.2 Å². The molecule has 5 aromatic rings. The number of aromatic hydroxyl groups is 2. The van der Waals surface area contributed by atoms with Crippen LogP contribution >= 0.6 is 12.2 Å². The smallest absolute Gasteiger partial charge is 0.214 e. The highest BCUT2D eigenvalue weighted by Crippen LogP contribution is 2.43. The molecule has 1 atom stereocenters. The van der Waals surface area contributed by atoms with Crippen LogP contribution in [0.5, 0.6) is 11.6 Å².